The number of primary amides is 1. The number of allylic oxidation sites excluding steroid dienone is 4. The average Bonchev–Trinajstić information content (AvgIpc) is 2.28. The average molecular weight is 176 g/mol. The van der Waals surface area contributed by atoms with Crippen molar-refractivity contribution in [2.75, 3.05) is 0 Å². The van der Waals surface area contributed by atoms with Gasteiger partial charge in [0.05, 0.1) is 0 Å². The molecule has 68 valence electrons. The Morgan fingerprint density at radius 1 is 1.62 bits per heavy atom. The molecule has 3 heteroatoms. The van der Waals surface area contributed by atoms with Gasteiger partial charge in [0.1, 0.15) is 0 Å². The largest absolute Gasteiger partial charge is 0.366 e. The molecule has 0 aromatic carbocycles. The van der Waals surface area contributed by atoms with E-state index in [9.17, 15) is 4.79 Å². The van der Waals surface area contributed by atoms with Gasteiger partial charge in [-0.05, 0) is 13.0 Å². The van der Waals surface area contributed by atoms with Gasteiger partial charge in [-0.1, -0.05) is 24.3 Å². The minimum Gasteiger partial charge on any atom is -0.366 e. The summed E-state index contributed by atoms with van der Waals surface area (Å²) in [6, 6.07) is 0. The second kappa shape index (κ2) is 3.39. The summed E-state index contributed by atoms with van der Waals surface area (Å²) < 4.78 is 0. The predicted molar refractivity (Wildman–Crippen MR) is 52.4 cm³/mol. The molecule has 3 nitrogen and oxygen atoms in total. The van der Waals surface area contributed by atoms with Gasteiger partial charge in [-0.15, -0.1) is 0 Å². The summed E-state index contributed by atoms with van der Waals surface area (Å²) in [4.78, 5) is 10.8. The Kier molecular flexibility index (Phi) is 2.46. The summed E-state index contributed by atoms with van der Waals surface area (Å²) in [5, 5.41) is 7.20. The van der Waals surface area contributed by atoms with E-state index in [1.807, 2.05) is 13.0 Å². The molecule has 1 atom stereocenters. The number of amides is 1. The SMILES string of the molecule is CC1(C=N)C=CC=C(C(N)=O)C=C1. The first-order chi connectivity index (χ1) is 6.07. The molecular formula is C10H12N2O. The van der Waals surface area contributed by atoms with Crippen molar-refractivity contribution in [2.45, 2.75) is 6.92 Å². The molecule has 13 heavy (non-hydrogen) atoms. The van der Waals surface area contributed by atoms with E-state index in [-0.39, 0.29) is 0 Å². The van der Waals surface area contributed by atoms with Crippen LogP contribution in [0.3, 0.4) is 0 Å². The lowest BCUT2D eigenvalue weighted by Crippen LogP contribution is -2.13. The molecule has 1 amide bonds. The first-order valence-electron chi connectivity index (χ1n) is 3.97. The zero-order valence-corrected chi connectivity index (χ0v) is 7.45. The van der Waals surface area contributed by atoms with Crippen LogP contribution in [0.15, 0.2) is 36.0 Å². The maximum atomic E-state index is 10.8. The van der Waals surface area contributed by atoms with Crippen LogP contribution in [0.4, 0.5) is 0 Å². The lowest BCUT2D eigenvalue weighted by Gasteiger charge is -2.12. The molecule has 1 aliphatic rings. The molecular weight excluding hydrogens is 164 g/mol. The molecule has 0 saturated carbocycles. The fraction of sp³-hybridized carbons (Fsp3) is 0.200. The second-order valence-corrected chi connectivity index (χ2v) is 3.19. The van der Waals surface area contributed by atoms with Gasteiger partial charge in [-0.2, -0.15) is 0 Å². The van der Waals surface area contributed by atoms with Crippen LogP contribution in [0.2, 0.25) is 0 Å². The molecule has 3 N–H and O–H groups in total. The lowest BCUT2D eigenvalue weighted by molar-refractivity contribution is -0.114. The van der Waals surface area contributed by atoms with E-state index >= 15 is 0 Å². The molecule has 0 fully saturated rings. The minimum atomic E-state index is -0.449. The molecule has 0 heterocycles. The van der Waals surface area contributed by atoms with E-state index in [1.54, 1.807) is 24.3 Å². The van der Waals surface area contributed by atoms with Crippen molar-refractivity contribution in [3.63, 3.8) is 0 Å². The fourth-order valence-corrected chi connectivity index (χ4v) is 1.00. The molecule has 0 radical (unpaired) electrons. The van der Waals surface area contributed by atoms with Gasteiger partial charge in [-0.3, -0.25) is 4.79 Å². The van der Waals surface area contributed by atoms with Gasteiger partial charge in [0.25, 0.3) is 0 Å². The van der Waals surface area contributed by atoms with Crippen LogP contribution in [0, 0.1) is 10.8 Å². The first-order valence-corrected chi connectivity index (χ1v) is 3.97. The number of carbonyl (C=O) groups is 1. The Morgan fingerprint density at radius 2 is 2.31 bits per heavy atom. The highest BCUT2D eigenvalue weighted by Gasteiger charge is 2.15. The van der Waals surface area contributed by atoms with Crippen molar-refractivity contribution < 1.29 is 4.79 Å². The van der Waals surface area contributed by atoms with Gasteiger partial charge < -0.3 is 11.1 Å². The normalized spacial score (nSPS) is 26.4. The number of rotatable bonds is 2. The van der Waals surface area contributed by atoms with Crippen molar-refractivity contribution in [3.05, 3.63) is 36.0 Å². The van der Waals surface area contributed by atoms with Crippen LogP contribution < -0.4 is 5.73 Å². The Labute approximate surface area is 77.1 Å². The van der Waals surface area contributed by atoms with Crippen molar-refractivity contribution in [2.24, 2.45) is 11.1 Å². The van der Waals surface area contributed by atoms with E-state index in [2.05, 4.69) is 0 Å². The maximum Gasteiger partial charge on any atom is 0.248 e. The fourth-order valence-electron chi connectivity index (χ4n) is 1.00. The molecule has 1 aliphatic carbocycles. The Bertz CT molecular complexity index is 326. The smallest absolute Gasteiger partial charge is 0.248 e. The molecule has 0 saturated heterocycles. The molecule has 1 rings (SSSR count). The Balaban J connectivity index is 2.99. The topological polar surface area (TPSA) is 66.9 Å². The highest BCUT2D eigenvalue weighted by Crippen LogP contribution is 2.20. The van der Waals surface area contributed by atoms with Crippen LogP contribution >= 0.6 is 0 Å². The molecule has 0 aromatic heterocycles. The molecule has 0 bridgehead atoms. The van der Waals surface area contributed by atoms with Crippen molar-refractivity contribution in [1.82, 2.24) is 0 Å². The van der Waals surface area contributed by atoms with Crippen molar-refractivity contribution in [3.8, 4) is 0 Å². The summed E-state index contributed by atoms with van der Waals surface area (Å²) in [6.07, 6.45) is 9.97. The van der Waals surface area contributed by atoms with E-state index in [1.165, 1.54) is 6.21 Å². The van der Waals surface area contributed by atoms with E-state index in [4.69, 9.17) is 11.1 Å². The zero-order chi connectivity index (χ0) is 9.90. The molecule has 0 aromatic rings. The van der Waals surface area contributed by atoms with Crippen LogP contribution in [0.25, 0.3) is 0 Å². The third-order valence-electron chi connectivity index (χ3n) is 1.95. The number of nitrogens with one attached hydrogen (secondary N) is 1. The lowest BCUT2D eigenvalue weighted by atomic mass is 9.92. The number of hydrogen-bond acceptors (Lipinski definition) is 2. The number of hydrogen-bond donors (Lipinski definition) is 2. The number of nitrogens with two attached hydrogens (primary N) is 1. The highest BCUT2D eigenvalue weighted by molar-refractivity contribution is 5.95. The minimum absolute atomic E-state index is 0.409. The quantitative estimate of drug-likeness (QED) is 0.609. The van der Waals surface area contributed by atoms with Crippen LogP contribution in [0.5, 0.6) is 0 Å². The second-order valence-electron chi connectivity index (χ2n) is 3.19. The zero-order valence-electron chi connectivity index (χ0n) is 7.45. The third kappa shape index (κ3) is 2.15. The summed E-state index contributed by atoms with van der Waals surface area (Å²) in [6.45, 7) is 1.88. The molecule has 1 unspecified atom stereocenters. The van der Waals surface area contributed by atoms with Crippen molar-refractivity contribution in [1.29, 1.82) is 5.41 Å². The summed E-state index contributed by atoms with van der Waals surface area (Å²) in [7, 11) is 0. The van der Waals surface area contributed by atoms with Crippen LogP contribution in [-0.4, -0.2) is 12.1 Å². The summed E-state index contributed by atoms with van der Waals surface area (Å²) >= 11 is 0. The van der Waals surface area contributed by atoms with Crippen LogP contribution in [-0.2, 0) is 4.79 Å². The van der Waals surface area contributed by atoms with Crippen LogP contribution in [0.1, 0.15) is 6.92 Å². The van der Waals surface area contributed by atoms with Crippen molar-refractivity contribution >= 4 is 12.1 Å². The van der Waals surface area contributed by atoms with Gasteiger partial charge in [0, 0.05) is 17.2 Å². The monoisotopic (exact) mass is 176 g/mol. The maximum absolute atomic E-state index is 10.8. The van der Waals surface area contributed by atoms with Gasteiger partial charge in [-0.25, -0.2) is 0 Å². The van der Waals surface area contributed by atoms with Gasteiger partial charge >= 0.3 is 0 Å². The van der Waals surface area contributed by atoms with Gasteiger partial charge in [0.15, 0.2) is 0 Å². The predicted octanol–water partition coefficient (Wildman–Crippen LogP) is 1.18. The highest BCUT2D eigenvalue weighted by atomic mass is 16.1. The standard InChI is InChI=1S/C10H12N2O/c1-10(7-11)5-2-3-8(4-6-10)9(12)13/h2-7,11H,1H3,(H2,12,13). The van der Waals surface area contributed by atoms with Gasteiger partial charge in [0.2, 0.25) is 5.91 Å². The summed E-state index contributed by atoms with van der Waals surface area (Å²) in [5.41, 5.74) is 5.17. The third-order valence-corrected chi connectivity index (χ3v) is 1.95. The Hall–Kier alpha value is -1.64. The Morgan fingerprint density at radius 3 is 2.85 bits per heavy atom. The van der Waals surface area contributed by atoms with E-state index < -0.39 is 11.3 Å². The van der Waals surface area contributed by atoms with E-state index in [0.29, 0.717) is 5.57 Å². The number of carbonyl (C=O) groups excluding carboxylic acids is 1. The molecule has 0 aliphatic heterocycles. The summed E-state index contributed by atoms with van der Waals surface area (Å²) in [5.74, 6) is -0.449. The first kappa shape index (κ1) is 9.45. The molecule has 0 spiro atoms. The van der Waals surface area contributed by atoms with E-state index in [0.717, 1.165) is 0 Å².